The minimum Gasteiger partial charge on any atom is -0.462 e. The van der Waals surface area contributed by atoms with E-state index in [-0.39, 0.29) is 41.2 Å². The maximum atomic E-state index is 12.7. The van der Waals surface area contributed by atoms with Crippen LogP contribution in [0.25, 0.3) is 0 Å². The van der Waals surface area contributed by atoms with Crippen molar-refractivity contribution in [2.75, 3.05) is 0 Å². The van der Waals surface area contributed by atoms with Gasteiger partial charge in [0.25, 0.3) is 0 Å². The minimum absolute atomic E-state index is 0.0433. The Labute approximate surface area is 249 Å². The summed E-state index contributed by atoms with van der Waals surface area (Å²) in [4.78, 5) is 49.6. The summed E-state index contributed by atoms with van der Waals surface area (Å²) in [5.74, 6) is -1.95. The summed E-state index contributed by atoms with van der Waals surface area (Å²) in [6, 6.07) is 0. The zero-order chi connectivity index (χ0) is 31.3. The molecule has 0 unspecified atom stereocenters. The minimum atomic E-state index is -1.51. The number of hydrogen-bond acceptors (Lipinski definition) is 9. The topological polar surface area (TPSA) is 125 Å². The number of ether oxygens (including phenoxy) is 4. The highest BCUT2D eigenvalue weighted by Gasteiger charge is 2.80. The van der Waals surface area contributed by atoms with Gasteiger partial charge in [-0.3, -0.25) is 14.4 Å². The smallest absolute Gasteiger partial charge is 0.331 e. The summed E-state index contributed by atoms with van der Waals surface area (Å²) in [6.07, 6.45) is 5.03. The lowest BCUT2D eigenvalue weighted by atomic mass is 9.34. The first-order valence-electron chi connectivity index (χ1n) is 15.4. The van der Waals surface area contributed by atoms with Crippen molar-refractivity contribution in [3.8, 4) is 0 Å². The Balaban J connectivity index is 1.67. The molecular weight excluding hydrogens is 540 g/mol. The van der Waals surface area contributed by atoms with Gasteiger partial charge in [-0.25, -0.2) is 4.79 Å². The summed E-state index contributed by atoms with van der Waals surface area (Å²) < 4.78 is 23.9. The van der Waals surface area contributed by atoms with Gasteiger partial charge >= 0.3 is 23.9 Å². The van der Waals surface area contributed by atoms with E-state index in [0.29, 0.717) is 12.8 Å². The Morgan fingerprint density at radius 1 is 0.786 bits per heavy atom. The molecule has 11 atom stereocenters. The van der Waals surface area contributed by atoms with Crippen molar-refractivity contribution < 1.29 is 43.2 Å². The standard InChI is InChI=1S/C33H48O9/c1-18(34)39-24-12-14-29(6)21-10-11-22-32(9,31(21,8)25(40-19(2)35)16-23(29)28(24,4)5)26(41-20(3)36)17-33(22,38)30(7)15-13-27(37)42-30/h13,15,21-26,38H,10-12,14,16-17H2,1-9H3/t21-,22+,23+,24+,25+,26-,29-,30+,31+,32+,33-/m1/s1. The predicted molar refractivity (Wildman–Crippen MR) is 152 cm³/mol. The van der Waals surface area contributed by atoms with E-state index in [0.717, 1.165) is 19.3 Å². The molecule has 4 saturated carbocycles. The number of cyclic esters (lactones) is 1. The van der Waals surface area contributed by atoms with Crippen molar-refractivity contribution in [3.63, 3.8) is 0 Å². The van der Waals surface area contributed by atoms with Crippen LogP contribution in [0, 0.1) is 39.4 Å². The molecule has 1 N–H and O–H groups in total. The number of aliphatic hydroxyl groups is 1. The van der Waals surface area contributed by atoms with Gasteiger partial charge in [-0.15, -0.1) is 0 Å². The number of fused-ring (bicyclic) bond motifs is 5. The van der Waals surface area contributed by atoms with Crippen LogP contribution in [0.2, 0.25) is 0 Å². The maximum Gasteiger partial charge on any atom is 0.331 e. The van der Waals surface area contributed by atoms with E-state index >= 15 is 0 Å². The fraction of sp³-hybridized carbons (Fsp3) is 0.818. The Bertz CT molecular complexity index is 1220. The van der Waals surface area contributed by atoms with Crippen LogP contribution in [0.3, 0.4) is 0 Å². The molecule has 0 aromatic rings. The predicted octanol–water partition coefficient (Wildman–Crippen LogP) is 4.67. The fourth-order valence-electron chi connectivity index (χ4n) is 11.2. The molecule has 5 aliphatic rings. The molecule has 1 heterocycles. The molecule has 0 amide bonds. The first kappa shape index (κ1) is 31.0. The van der Waals surface area contributed by atoms with Gasteiger partial charge in [0.1, 0.15) is 23.9 Å². The summed E-state index contributed by atoms with van der Waals surface area (Å²) in [6.45, 7) is 16.8. The summed E-state index contributed by atoms with van der Waals surface area (Å²) >= 11 is 0. The largest absolute Gasteiger partial charge is 0.462 e. The monoisotopic (exact) mass is 588 g/mol. The molecule has 0 radical (unpaired) electrons. The van der Waals surface area contributed by atoms with Gasteiger partial charge in [-0.1, -0.05) is 34.6 Å². The van der Waals surface area contributed by atoms with Crippen molar-refractivity contribution in [3.05, 3.63) is 12.2 Å². The van der Waals surface area contributed by atoms with E-state index in [9.17, 15) is 24.3 Å². The van der Waals surface area contributed by atoms with Crippen molar-refractivity contribution in [2.45, 2.75) is 130 Å². The second-order valence-corrected chi connectivity index (χ2v) is 15.2. The SMILES string of the molecule is CC(=O)O[C@H]1CC[C@]2(C)[C@H]3CC[C@H]4[C@@](C)([C@H](OC(C)=O)C[C@]4(O)[C@]4(C)C=CC(=O)O4)[C@]3(C)[C@@H](OC(C)=O)C[C@H]2C1(C)C. The number of esters is 4. The lowest BCUT2D eigenvalue weighted by Gasteiger charge is -2.71. The van der Waals surface area contributed by atoms with Gasteiger partial charge in [-0.2, -0.15) is 0 Å². The summed E-state index contributed by atoms with van der Waals surface area (Å²) in [5, 5.41) is 12.6. The molecule has 1 aliphatic heterocycles. The number of carbonyl (C=O) groups excluding carboxylic acids is 4. The molecule has 42 heavy (non-hydrogen) atoms. The van der Waals surface area contributed by atoms with Crippen molar-refractivity contribution >= 4 is 23.9 Å². The van der Waals surface area contributed by atoms with E-state index in [2.05, 4.69) is 34.6 Å². The van der Waals surface area contributed by atoms with Gasteiger partial charge < -0.3 is 24.1 Å². The third-order valence-corrected chi connectivity index (χ3v) is 13.1. The van der Waals surface area contributed by atoms with Gasteiger partial charge in [0.05, 0.1) is 0 Å². The quantitative estimate of drug-likeness (QED) is 0.368. The van der Waals surface area contributed by atoms with Crippen molar-refractivity contribution in [1.29, 1.82) is 0 Å². The van der Waals surface area contributed by atoms with Crippen LogP contribution in [0.5, 0.6) is 0 Å². The Morgan fingerprint density at radius 2 is 1.31 bits per heavy atom. The fourth-order valence-corrected chi connectivity index (χ4v) is 11.2. The zero-order valence-corrected chi connectivity index (χ0v) is 26.6. The van der Waals surface area contributed by atoms with E-state index in [1.54, 1.807) is 13.0 Å². The second-order valence-electron chi connectivity index (χ2n) is 15.2. The Hall–Kier alpha value is -2.42. The van der Waals surface area contributed by atoms with Crippen LogP contribution < -0.4 is 0 Å². The molecule has 4 aliphatic carbocycles. The molecule has 9 nitrogen and oxygen atoms in total. The molecule has 0 bridgehead atoms. The Kier molecular flexibility index (Phi) is 7.04. The van der Waals surface area contributed by atoms with Crippen molar-refractivity contribution in [2.24, 2.45) is 39.4 Å². The van der Waals surface area contributed by atoms with Gasteiger partial charge in [0.2, 0.25) is 0 Å². The highest BCUT2D eigenvalue weighted by Crippen LogP contribution is 2.77. The molecule has 4 fully saturated rings. The number of rotatable bonds is 4. The van der Waals surface area contributed by atoms with Crippen LogP contribution in [0.1, 0.15) is 101 Å². The molecule has 234 valence electrons. The average molecular weight is 589 g/mol. The summed E-state index contributed by atoms with van der Waals surface area (Å²) in [7, 11) is 0. The highest BCUT2D eigenvalue weighted by atomic mass is 16.6. The lowest BCUT2D eigenvalue weighted by molar-refractivity contribution is -0.289. The average Bonchev–Trinajstić information content (AvgIpc) is 3.33. The zero-order valence-electron chi connectivity index (χ0n) is 26.6. The normalized spacial score (nSPS) is 48.8. The summed E-state index contributed by atoms with van der Waals surface area (Å²) in [5.41, 5.74) is -4.92. The van der Waals surface area contributed by atoms with Gasteiger partial charge in [0, 0.05) is 55.4 Å². The molecule has 0 saturated heterocycles. The Morgan fingerprint density at radius 3 is 1.86 bits per heavy atom. The van der Waals surface area contributed by atoms with Crippen LogP contribution in [0.4, 0.5) is 0 Å². The second kappa shape index (κ2) is 9.54. The molecule has 0 spiro atoms. The molecule has 5 rings (SSSR count). The van der Waals surface area contributed by atoms with E-state index in [4.69, 9.17) is 18.9 Å². The highest BCUT2D eigenvalue weighted by molar-refractivity contribution is 5.85. The number of carbonyl (C=O) groups is 4. The molecule has 9 heteroatoms. The van der Waals surface area contributed by atoms with E-state index < -0.39 is 58.1 Å². The molecular formula is C33H48O9. The third kappa shape index (κ3) is 3.97. The number of hydrogen-bond donors (Lipinski definition) is 1. The third-order valence-electron chi connectivity index (χ3n) is 13.1. The molecule has 0 aromatic heterocycles. The van der Waals surface area contributed by atoms with Crippen LogP contribution >= 0.6 is 0 Å². The lowest BCUT2D eigenvalue weighted by Crippen LogP contribution is -2.72. The van der Waals surface area contributed by atoms with Crippen molar-refractivity contribution in [1.82, 2.24) is 0 Å². The first-order valence-corrected chi connectivity index (χ1v) is 15.4. The maximum absolute atomic E-state index is 12.7. The van der Waals surface area contributed by atoms with Crippen LogP contribution in [0.15, 0.2) is 12.2 Å². The van der Waals surface area contributed by atoms with Crippen LogP contribution in [-0.4, -0.2) is 58.5 Å². The molecule has 0 aromatic carbocycles. The van der Waals surface area contributed by atoms with Gasteiger partial charge in [-0.05, 0) is 62.4 Å². The van der Waals surface area contributed by atoms with E-state index in [1.165, 1.54) is 26.8 Å². The van der Waals surface area contributed by atoms with E-state index in [1.807, 2.05) is 0 Å². The van der Waals surface area contributed by atoms with Crippen LogP contribution in [-0.2, 0) is 38.1 Å². The van der Waals surface area contributed by atoms with Gasteiger partial charge in [0.15, 0.2) is 5.60 Å². The first-order chi connectivity index (χ1) is 19.3.